The third-order valence-electron chi connectivity index (χ3n) is 2.73. The Morgan fingerprint density at radius 2 is 2.13 bits per heavy atom. The molecule has 3 heteroatoms. The molecule has 1 atom stereocenters. The summed E-state index contributed by atoms with van der Waals surface area (Å²) < 4.78 is -0.225. The SMILES string of the molecule is N#CC1(Cc2ccc(O)cc2)CCCS1. The van der Waals surface area contributed by atoms with Gasteiger partial charge in [-0.05, 0) is 36.3 Å². The number of rotatable bonds is 2. The van der Waals surface area contributed by atoms with Crippen LogP contribution in [0.25, 0.3) is 0 Å². The Bertz CT molecular complexity index is 374. The number of hydrogen-bond acceptors (Lipinski definition) is 3. The summed E-state index contributed by atoms with van der Waals surface area (Å²) in [7, 11) is 0. The van der Waals surface area contributed by atoms with E-state index in [1.807, 2.05) is 12.1 Å². The molecule has 78 valence electrons. The van der Waals surface area contributed by atoms with E-state index in [2.05, 4.69) is 6.07 Å². The second-order valence-corrected chi connectivity index (χ2v) is 5.38. The molecule has 1 fully saturated rings. The first-order chi connectivity index (χ1) is 7.24. The van der Waals surface area contributed by atoms with Gasteiger partial charge in [0.15, 0.2) is 0 Å². The highest BCUT2D eigenvalue weighted by molar-refractivity contribution is 8.01. The van der Waals surface area contributed by atoms with E-state index >= 15 is 0 Å². The Labute approximate surface area is 93.9 Å². The van der Waals surface area contributed by atoms with E-state index in [4.69, 9.17) is 5.11 Å². The lowest BCUT2D eigenvalue weighted by atomic mass is 9.96. The predicted molar refractivity (Wildman–Crippen MR) is 61.8 cm³/mol. The van der Waals surface area contributed by atoms with Crippen LogP contribution in [0.2, 0.25) is 0 Å². The van der Waals surface area contributed by atoms with Crippen molar-refractivity contribution < 1.29 is 5.11 Å². The first-order valence-corrected chi connectivity index (χ1v) is 6.06. The maximum absolute atomic E-state index is 9.21. The number of phenols is 1. The Kier molecular flexibility index (Phi) is 2.88. The molecule has 0 saturated carbocycles. The van der Waals surface area contributed by atoms with E-state index in [1.54, 1.807) is 23.9 Å². The quantitative estimate of drug-likeness (QED) is 0.831. The summed E-state index contributed by atoms with van der Waals surface area (Å²) in [5, 5.41) is 18.4. The van der Waals surface area contributed by atoms with Crippen molar-refractivity contribution in [1.82, 2.24) is 0 Å². The molecule has 0 radical (unpaired) electrons. The van der Waals surface area contributed by atoms with Crippen molar-refractivity contribution in [2.24, 2.45) is 0 Å². The number of hydrogen-bond donors (Lipinski definition) is 1. The first-order valence-electron chi connectivity index (χ1n) is 5.07. The molecule has 2 rings (SSSR count). The van der Waals surface area contributed by atoms with Crippen LogP contribution in [0.5, 0.6) is 5.75 Å². The zero-order valence-electron chi connectivity index (χ0n) is 8.44. The predicted octanol–water partition coefficient (Wildman–Crippen LogP) is 2.72. The van der Waals surface area contributed by atoms with Gasteiger partial charge < -0.3 is 5.11 Å². The smallest absolute Gasteiger partial charge is 0.115 e. The molecule has 0 aromatic heterocycles. The topological polar surface area (TPSA) is 44.0 Å². The average molecular weight is 219 g/mol. The van der Waals surface area contributed by atoms with Crippen LogP contribution in [-0.2, 0) is 6.42 Å². The van der Waals surface area contributed by atoms with E-state index in [1.165, 1.54) is 0 Å². The fourth-order valence-electron chi connectivity index (χ4n) is 1.91. The van der Waals surface area contributed by atoms with Crippen LogP contribution in [0.15, 0.2) is 24.3 Å². The van der Waals surface area contributed by atoms with Gasteiger partial charge in [-0.1, -0.05) is 12.1 Å². The van der Waals surface area contributed by atoms with Crippen LogP contribution in [0, 0.1) is 11.3 Å². The molecular weight excluding hydrogens is 206 g/mol. The minimum Gasteiger partial charge on any atom is -0.508 e. The molecule has 0 amide bonds. The number of nitrogens with zero attached hydrogens (tertiary/aromatic N) is 1. The lowest BCUT2D eigenvalue weighted by Crippen LogP contribution is -2.21. The van der Waals surface area contributed by atoms with Crippen LogP contribution in [-0.4, -0.2) is 15.6 Å². The molecule has 1 unspecified atom stereocenters. The molecule has 1 aromatic rings. The van der Waals surface area contributed by atoms with Crippen LogP contribution in [0.4, 0.5) is 0 Å². The van der Waals surface area contributed by atoms with E-state index in [-0.39, 0.29) is 10.5 Å². The minimum atomic E-state index is -0.225. The Hall–Kier alpha value is -1.14. The van der Waals surface area contributed by atoms with Crippen LogP contribution in [0.3, 0.4) is 0 Å². The zero-order chi connectivity index (χ0) is 10.7. The molecule has 1 heterocycles. The summed E-state index contributed by atoms with van der Waals surface area (Å²) in [6.45, 7) is 0. The zero-order valence-corrected chi connectivity index (χ0v) is 9.26. The lowest BCUT2D eigenvalue weighted by molar-refractivity contribution is 0.475. The maximum atomic E-state index is 9.21. The molecule has 1 aromatic carbocycles. The molecule has 2 nitrogen and oxygen atoms in total. The second-order valence-electron chi connectivity index (χ2n) is 3.90. The maximum Gasteiger partial charge on any atom is 0.115 e. The first kappa shape index (κ1) is 10.4. The van der Waals surface area contributed by atoms with Gasteiger partial charge in [0.25, 0.3) is 0 Å². The Morgan fingerprint density at radius 1 is 1.40 bits per heavy atom. The molecule has 1 aliphatic rings. The van der Waals surface area contributed by atoms with Crippen molar-refractivity contribution in [3.8, 4) is 11.8 Å². The van der Waals surface area contributed by atoms with Gasteiger partial charge in [0.2, 0.25) is 0 Å². The van der Waals surface area contributed by atoms with Gasteiger partial charge >= 0.3 is 0 Å². The largest absolute Gasteiger partial charge is 0.508 e. The van der Waals surface area contributed by atoms with Gasteiger partial charge in [-0.2, -0.15) is 5.26 Å². The molecule has 0 aliphatic carbocycles. The summed E-state index contributed by atoms with van der Waals surface area (Å²) in [6, 6.07) is 9.59. The van der Waals surface area contributed by atoms with Gasteiger partial charge in [-0.25, -0.2) is 0 Å². The van der Waals surface area contributed by atoms with Crippen LogP contribution >= 0.6 is 11.8 Å². The third-order valence-corrected chi connectivity index (χ3v) is 4.22. The highest BCUT2D eigenvalue weighted by atomic mass is 32.2. The van der Waals surface area contributed by atoms with Crippen LogP contribution in [0.1, 0.15) is 18.4 Å². The van der Waals surface area contributed by atoms with Crippen molar-refractivity contribution in [3.63, 3.8) is 0 Å². The fourth-order valence-corrected chi connectivity index (χ4v) is 3.21. The molecule has 1 saturated heterocycles. The van der Waals surface area contributed by atoms with Crippen molar-refractivity contribution in [3.05, 3.63) is 29.8 Å². The normalized spacial score (nSPS) is 25.0. The van der Waals surface area contributed by atoms with Crippen molar-refractivity contribution in [2.75, 3.05) is 5.75 Å². The fraction of sp³-hybridized carbons (Fsp3) is 0.417. The summed E-state index contributed by atoms with van der Waals surface area (Å²) in [5.41, 5.74) is 1.13. The van der Waals surface area contributed by atoms with Crippen LogP contribution < -0.4 is 0 Å². The summed E-state index contributed by atoms with van der Waals surface area (Å²) in [6.07, 6.45) is 2.90. The highest BCUT2D eigenvalue weighted by Crippen LogP contribution is 2.40. The monoisotopic (exact) mass is 219 g/mol. The van der Waals surface area contributed by atoms with Gasteiger partial charge in [0.1, 0.15) is 10.5 Å². The standard InChI is InChI=1S/C12H13NOS/c13-9-12(6-1-7-15-12)8-10-2-4-11(14)5-3-10/h2-5,14H,1,6-8H2. The Balaban J connectivity index is 2.14. The van der Waals surface area contributed by atoms with Gasteiger partial charge in [0.05, 0.1) is 6.07 Å². The van der Waals surface area contributed by atoms with Gasteiger partial charge in [-0.15, -0.1) is 11.8 Å². The summed E-state index contributed by atoms with van der Waals surface area (Å²) in [4.78, 5) is 0. The average Bonchev–Trinajstić information content (AvgIpc) is 2.71. The second kappa shape index (κ2) is 4.16. The molecule has 1 aliphatic heterocycles. The van der Waals surface area contributed by atoms with Crippen molar-refractivity contribution >= 4 is 11.8 Å². The van der Waals surface area contributed by atoms with Crippen molar-refractivity contribution in [1.29, 1.82) is 5.26 Å². The van der Waals surface area contributed by atoms with Gasteiger partial charge in [0, 0.05) is 6.42 Å². The molecule has 1 N–H and O–H groups in total. The number of thioether (sulfide) groups is 1. The van der Waals surface area contributed by atoms with E-state index < -0.39 is 0 Å². The van der Waals surface area contributed by atoms with E-state index in [0.29, 0.717) is 0 Å². The third kappa shape index (κ3) is 2.27. The van der Waals surface area contributed by atoms with E-state index in [0.717, 1.165) is 30.6 Å². The number of benzene rings is 1. The molecule has 15 heavy (non-hydrogen) atoms. The van der Waals surface area contributed by atoms with Crippen molar-refractivity contribution in [2.45, 2.75) is 24.0 Å². The summed E-state index contributed by atoms with van der Waals surface area (Å²) >= 11 is 1.77. The number of phenolic OH excluding ortho intramolecular Hbond substituents is 1. The number of aromatic hydroxyl groups is 1. The molecular formula is C12H13NOS. The lowest BCUT2D eigenvalue weighted by Gasteiger charge is -2.18. The highest BCUT2D eigenvalue weighted by Gasteiger charge is 2.34. The summed E-state index contributed by atoms with van der Waals surface area (Å²) in [5.74, 6) is 1.37. The molecule has 0 bridgehead atoms. The van der Waals surface area contributed by atoms with Gasteiger partial charge in [-0.3, -0.25) is 0 Å². The Morgan fingerprint density at radius 3 is 2.67 bits per heavy atom. The number of nitriles is 1. The molecule has 0 spiro atoms. The van der Waals surface area contributed by atoms with E-state index in [9.17, 15) is 5.26 Å². The minimum absolute atomic E-state index is 0.225.